The van der Waals surface area contributed by atoms with Gasteiger partial charge in [0, 0.05) is 38.1 Å². The molecule has 0 spiro atoms. The van der Waals surface area contributed by atoms with Gasteiger partial charge in [-0.2, -0.15) is 0 Å². The Hall–Kier alpha value is -2.49. The van der Waals surface area contributed by atoms with E-state index in [2.05, 4.69) is 4.98 Å². The molecule has 10 heteroatoms. The summed E-state index contributed by atoms with van der Waals surface area (Å²) in [5.41, 5.74) is 5.36. The largest absolute Gasteiger partial charge is 0.455 e. The molecule has 1 aromatic heterocycles. The molecule has 0 aliphatic rings. The minimum atomic E-state index is -0.771. The summed E-state index contributed by atoms with van der Waals surface area (Å²) in [5.74, 6) is -1.85. The van der Waals surface area contributed by atoms with Crippen LogP contribution in [0.25, 0.3) is 0 Å². The van der Waals surface area contributed by atoms with Crippen molar-refractivity contribution in [1.29, 1.82) is 0 Å². The molecule has 0 bridgehead atoms. The first-order valence-corrected chi connectivity index (χ1v) is 10.8. The number of amides is 2. The molecule has 9 nitrogen and oxygen atoms in total. The molecule has 0 aliphatic carbocycles. The maximum absolute atomic E-state index is 12.8. The fourth-order valence-electron chi connectivity index (χ4n) is 2.91. The number of carbonyl (C=O) groups excluding carboxylic acids is 4. The van der Waals surface area contributed by atoms with Crippen LogP contribution in [0.1, 0.15) is 81.9 Å². The number of aromatic nitrogens is 1. The zero-order valence-electron chi connectivity index (χ0n) is 18.2. The molecular formula is C20H31N3O6S. The Morgan fingerprint density at radius 2 is 1.87 bits per heavy atom. The van der Waals surface area contributed by atoms with Gasteiger partial charge in [0.1, 0.15) is 10.7 Å². The third kappa shape index (κ3) is 8.10. The van der Waals surface area contributed by atoms with Crippen molar-refractivity contribution in [2.45, 2.75) is 72.4 Å². The molecule has 0 aliphatic heterocycles. The second kappa shape index (κ2) is 12.3. The Bertz CT molecular complexity index is 749. The van der Waals surface area contributed by atoms with E-state index >= 15 is 0 Å². The van der Waals surface area contributed by atoms with Gasteiger partial charge >= 0.3 is 11.9 Å². The number of rotatable bonds is 12. The number of nitrogens with two attached hydrogens (primary N) is 1. The van der Waals surface area contributed by atoms with Gasteiger partial charge in [-0.05, 0) is 12.3 Å². The fraction of sp³-hybridized carbons (Fsp3) is 0.650. The Labute approximate surface area is 180 Å². The zero-order chi connectivity index (χ0) is 22.8. The Kier molecular flexibility index (Phi) is 10.4. The topological polar surface area (TPSA) is 129 Å². The van der Waals surface area contributed by atoms with Crippen LogP contribution in [0.5, 0.6) is 0 Å². The molecule has 0 fully saturated rings. The van der Waals surface area contributed by atoms with Gasteiger partial charge in [0.05, 0.1) is 0 Å². The summed E-state index contributed by atoms with van der Waals surface area (Å²) in [7, 11) is 0. The Balaban J connectivity index is 3.19. The van der Waals surface area contributed by atoms with Gasteiger partial charge in [-0.1, -0.05) is 27.2 Å². The van der Waals surface area contributed by atoms with Gasteiger partial charge in [0.2, 0.25) is 5.91 Å². The lowest BCUT2D eigenvalue weighted by Crippen LogP contribution is -2.46. The van der Waals surface area contributed by atoms with Crippen molar-refractivity contribution in [3.63, 3.8) is 0 Å². The van der Waals surface area contributed by atoms with E-state index in [0.717, 1.165) is 17.8 Å². The van der Waals surface area contributed by atoms with Crippen LogP contribution < -0.4 is 5.73 Å². The maximum Gasteiger partial charge on any atom is 0.304 e. The number of nitrogens with zero attached hydrogens (tertiary/aromatic N) is 2. The van der Waals surface area contributed by atoms with Crippen molar-refractivity contribution in [2.75, 3.05) is 6.73 Å². The summed E-state index contributed by atoms with van der Waals surface area (Å²) in [5, 5.41) is 1.92. The highest BCUT2D eigenvalue weighted by Crippen LogP contribution is 2.31. The molecule has 2 amide bonds. The van der Waals surface area contributed by atoms with Crippen LogP contribution in [-0.4, -0.2) is 46.4 Å². The van der Waals surface area contributed by atoms with E-state index in [-0.39, 0.29) is 36.7 Å². The van der Waals surface area contributed by atoms with Crippen molar-refractivity contribution in [3.8, 4) is 0 Å². The highest BCUT2D eigenvalue weighted by molar-refractivity contribution is 7.09. The molecule has 2 atom stereocenters. The third-order valence-electron chi connectivity index (χ3n) is 4.45. The fourth-order valence-corrected chi connectivity index (χ4v) is 3.76. The molecular weight excluding hydrogens is 410 g/mol. The van der Waals surface area contributed by atoms with E-state index in [4.69, 9.17) is 15.2 Å². The van der Waals surface area contributed by atoms with E-state index in [1.807, 2.05) is 20.8 Å². The number of thiazole rings is 1. The summed E-state index contributed by atoms with van der Waals surface area (Å²) in [6, 6.07) is -0.390. The Morgan fingerprint density at radius 3 is 2.33 bits per heavy atom. The lowest BCUT2D eigenvalue weighted by molar-refractivity contribution is -0.156. The average Bonchev–Trinajstić information content (AvgIpc) is 3.14. The lowest BCUT2D eigenvalue weighted by Gasteiger charge is -2.35. The second-order valence-corrected chi connectivity index (χ2v) is 8.20. The quantitative estimate of drug-likeness (QED) is 0.390. The van der Waals surface area contributed by atoms with Gasteiger partial charge < -0.3 is 20.1 Å². The number of hydrogen-bond acceptors (Lipinski definition) is 8. The summed E-state index contributed by atoms with van der Waals surface area (Å²) in [6.45, 7) is 8.22. The molecule has 0 saturated carbocycles. The van der Waals surface area contributed by atoms with Gasteiger partial charge in [0.25, 0.3) is 5.91 Å². The van der Waals surface area contributed by atoms with Crippen LogP contribution in [0.4, 0.5) is 0 Å². The first kappa shape index (κ1) is 25.5. The van der Waals surface area contributed by atoms with Crippen molar-refractivity contribution >= 4 is 35.1 Å². The number of unbranched alkanes of at least 4 members (excludes halogenated alkanes) is 1. The Morgan fingerprint density at radius 1 is 1.20 bits per heavy atom. The first-order valence-electron chi connectivity index (χ1n) is 9.92. The summed E-state index contributed by atoms with van der Waals surface area (Å²) >= 11 is 1.16. The molecule has 2 unspecified atom stereocenters. The molecule has 1 aromatic rings. The smallest absolute Gasteiger partial charge is 0.304 e. The molecule has 1 rings (SSSR count). The molecule has 1 heterocycles. The number of primary amides is 1. The minimum Gasteiger partial charge on any atom is -0.455 e. The van der Waals surface area contributed by atoms with Gasteiger partial charge in [-0.3, -0.25) is 19.2 Å². The number of esters is 2. The highest BCUT2D eigenvalue weighted by atomic mass is 32.1. The molecule has 0 saturated heterocycles. The van der Waals surface area contributed by atoms with E-state index < -0.39 is 23.9 Å². The summed E-state index contributed by atoms with van der Waals surface area (Å²) < 4.78 is 10.6. The molecule has 30 heavy (non-hydrogen) atoms. The molecule has 0 radical (unpaired) electrons. The number of ether oxygens (including phenoxy) is 2. The van der Waals surface area contributed by atoms with Crippen molar-refractivity contribution in [2.24, 2.45) is 11.7 Å². The van der Waals surface area contributed by atoms with Crippen molar-refractivity contribution < 1.29 is 28.7 Å². The monoisotopic (exact) mass is 441 g/mol. The van der Waals surface area contributed by atoms with Crippen LogP contribution in [-0.2, 0) is 23.9 Å². The van der Waals surface area contributed by atoms with Crippen molar-refractivity contribution in [1.82, 2.24) is 9.88 Å². The maximum atomic E-state index is 12.8. The van der Waals surface area contributed by atoms with Crippen LogP contribution in [0.3, 0.4) is 0 Å². The summed E-state index contributed by atoms with van der Waals surface area (Å²) in [4.78, 5) is 53.0. The van der Waals surface area contributed by atoms with Gasteiger partial charge in [0.15, 0.2) is 12.8 Å². The average molecular weight is 442 g/mol. The van der Waals surface area contributed by atoms with E-state index in [0.29, 0.717) is 17.8 Å². The van der Waals surface area contributed by atoms with Gasteiger partial charge in [-0.15, -0.1) is 11.3 Å². The van der Waals surface area contributed by atoms with E-state index in [1.165, 1.54) is 24.1 Å². The minimum absolute atomic E-state index is 0.0280. The lowest BCUT2D eigenvalue weighted by atomic mass is 9.95. The third-order valence-corrected chi connectivity index (χ3v) is 5.39. The zero-order valence-corrected chi connectivity index (χ0v) is 19.0. The van der Waals surface area contributed by atoms with Crippen LogP contribution in [0, 0.1) is 5.92 Å². The number of carbonyl (C=O) groups is 4. The number of hydrogen-bond donors (Lipinski definition) is 1. The van der Waals surface area contributed by atoms with Crippen molar-refractivity contribution in [3.05, 3.63) is 16.1 Å². The van der Waals surface area contributed by atoms with E-state index in [1.54, 1.807) is 0 Å². The van der Waals surface area contributed by atoms with Crippen LogP contribution >= 0.6 is 11.3 Å². The summed E-state index contributed by atoms with van der Waals surface area (Å²) in [6.07, 6.45) is 1.35. The molecule has 0 aromatic carbocycles. The molecule has 168 valence electrons. The highest BCUT2D eigenvalue weighted by Gasteiger charge is 2.32. The predicted molar refractivity (Wildman–Crippen MR) is 111 cm³/mol. The molecule has 2 N–H and O–H groups in total. The van der Waals surface area contributed by atoms with Crippen LogP contribution in [0.2, 0.25) is 0 Å². The van der Waals surface area contributed by atoms with Crippen LogP contribution in [0.15, 0.2) is 5.38 Å². The first-order chi connectivity index (χ1) is 14.1. The normalized spacial score (nSPS) is 12.9. The van der Waals surface area contributed by atoms with Gasteiger partial charge in [-0.25, -0.2) is 4.98 Å². The van der Waals surface area contributed by atoms with E-state index in [9.17, 15) is 19.2 Å². The standard InChI is InChI=1S/C20H31N3O6S/c1-6-7-8-18(26)23(11-28-13(4)24)16(12(2)3)9-17(29-14(5)25)20-22-15(10-30-20)19(21)27/h10,12,16-17H,6-9,11H2,1-5H3,(H2,21,27). The predicted octanol–water partition coefficient (Wildman–Crippen LogP) is 2.80. The SMILES string of the molecule is CCCCC(=O)N(COC(C)=O)C(CC(OC(C)=O)c1nc(C(N)=O)cs1)C(C)C. The second-order valence-electron chi connectivity index (χ2n) is 7.31.